The SMILES string of the molecule is CC/C=C\C/C=C\C/C=C\C/C=C\C/C=C\C/C=C\C/C=C\C/C=C\CCCCC(=O)NC(COP(=O)(O)OCC[N+](C)(C)C)C(O)/C=C/CC/C=C/CC/C=C/CCCCCCCCCCCCCCCC. The maximum absolute atomic E-state index is 13.0. The van der Waals surface area contributed by atoms with Crippen molar-refractivity contribution < 1.29 is 32.9 Å². The van der Waals surface area contributed by atoms with Crippen LogP contribution in [0.4, 0.5) is 0 Å². The number of aliphatic hydroxyl groups excluding tert-OH is 1. The summed E-state index contributed by atoms with van der Waals surface area (Å²) in [6, 6.07) is -0.905. The van der Waals surface area contributed by atoms with E-state index in [4.69, 9.17) is 9.05 Å². The molecule has 0 aliphatic heterocycles. The first-order chi connectivity index (χ1) is 35.5. The number of nitrogens with one attached hydrogen (secondary N) is 1. The van der Waals surface area contributed by atoms with Gasteiger partial charge >= 0.3 is 7.82 Å². The fraction of sp³-hybridized carbons (Fsp3) is 0.641. The van der Waals surface area contributed by atoms with Crippen LogP contribution in [0.2, 0.25) is 0 Å². The highest BCUT2D eigenvalue weighted by Gasteiger charge is 2.27. The summed E-state index contributed by atoms with van der Waals surface area (Å²) in [5.74, 6) is -0.238. The van der Waals surface area contributed by atoms with Gasteiger partial charge in [0.15, 0.2) is 0 Å². The lowest BCUT2D eigenvalue weighted by Gasteiger charge is -2.25. The first-order valence-electron chi connectivity index (χ1n) is 29.1. The molecule has 0 saturated carbocycles. The molecule has 1 amide bonds. The quantitative estimate of drug-likeness (QED) is 0.0243. The minimum Gasteiger partial charge on any atom is -0.387 e. The van der Waals surface area contributed by atoms with Gasteiger partial charge in [-0.1, -0.05) is 231 Å². The predicted molar refractivity (Wildman–Crippen MR) is 318 cm³/mol. The monoisotopic (exact) mass is 1030 g/mol. The number of hydrogen-bond acceptors (Lipinski definition) is 5. The van der Waals surface area contributed by atoms with Gasteiger partial charge in [-0.05, 0) is 109 Å². The van der Waals surface area contributed by atoms with Crippen molar-refractivity contribution in [1.29, 1.82) is 0 Å². The summed E-state index contributed by atoms with van der Waals surface area (Å²) < 4.78 is 23.7. The Morgan fingerprint density at radius 1 is 0.479 bits per heavy atom. The van der Waals surface area contributed by atoms with E-state index in [9.17, 15) is 19.4 Å². The number of amides is 1. The number of carbonyl (C=O) groups excluding carboxylic acids is 1. The highest BCUT2D eigenvalue weighted by molar-refractivity contribution is 7.47. The number of quaternary nitrogens is 1. The molecule has 416 valence electrons. The Hall–Kier alpha value is -3.36. The van der Waals surface area contributed by atoms with E-state index in [0.29, 0.717) is 17.4 Å². The Balaban J connectivity index is 4.43. The Morgan fingerprint density at radius 3 is 1.26 bits per heavy atom. The lowest BCUT2D eigenvalue weighted by atomic mass is 10.0. The van der Waals surface area contributed by atoms with Crippen LogP contribution in [0.5, 0.6) is 0 Å². The Kier molecular flexibility index (Phi) is 51.0. The molecule has 0 aromatic heterocycles. The number of carbonyl (C=O) groups is 1. The number of nitrogens with zero attached hydrogens (tertiary/aromatic N) is 1. The smallest absolute Gasteiger partial charge is 0.387 e. The predicted octanol–water partition coefficient (Wildman–Crippen LogP) is 17.9. The molecule has 0 bridgehead atoms. The number of unbranched alkanes of at least 4 members (excludes halogenated alkanes) is 18. The van der Waals surface area contributed by atoms with Gasteiger partial charge in [0.25, 0.3) is 0 Å². The van der Waals surface area contributed by atoms with Crippen molar-refractivity contribution in [3.8, 4) is 0 Å². The van der Waals surface area contributed by atoms with Crippen molar-refractivity contribution in [3.63, 3.8) is 0 Å². The van der Waals surface area contributed by atoms with Gasteiger partial charge in [-0.2, -0.15) is 0 Å². The number of phosphoric ester groups is 1. The van der Waals surface area contributed by atoms with Gasteiger partial charge in [-0.15, -0.1) is 0 Å². The molecule has 0 rings (SSSR count). The van der Waals surface area contributed by atoms with Gasteiger partial charge in [-0.25, -0.2) is 4.57 Å². The summed E-state index contributed by atoms with van der Waals surface area (Å²) in [6.45, 7) is 4.63. The zero-order valence-corrected chi connectivity index (χ0v) is 48.2. The third kappa shape index (κ3) is 56.2. The molecule has 0 aliphatic rings. The highest BCUT2D eigenvalue weighted by Crippen LogP contribution is 2.43. The minimum atomic E-state index is -4.38. The van der Waals surface area contributed by atoms with E-state index in [0.717, 1.165) is 89.9 Å². The number of aliphatic hydroxyl groups is 1. The van der Waals surface area contributed by atoms with Gasteiger partial charge in [0, 0.05) is 6.42 Å². The van der Waals surface area contributed by atoms with E-state index in [1.54, 1.807) is 6.08 Å². The fourth-order valence-electron chi connectivity index (χ4n) is 7.56. The van der Waals surface area contributed by atoms with Crippen LogP contribution >= 0.6 is 7.82 Å². The van der Waals surface area contributed by atoms with Gasteiger partial charge in [0.2, 0.25) is 5.91 Å². The van der Waals surface area contributed by atoms with Crippen molar-refractivity contribution in [2.75, 3.05) is 40.9 Å². The van der Waals surface area contributed by atoms with E-state index in [1.807, 2.05) is 27.2 Å². The van der Waals surface area contributed by atoms with E-state index >= 15 is 0 Å². The Labute approximate surface area is 449 Å². The number of likely N-dealkylation sites (N-methyl/N-ethyl adjacent to an activating group) is 1. The lowest BCUT2D eigenvalue weighted by molar-refractivity contribution is -0.870. The zero-order valence-electron chi connectivity index (χ0n) is 47.3. The van der Waals surface area contributed by atoms with Crippen LogP contribution in [-0.4, -0.2) is 73.4 Å². The van der Waals surface area contributed by atoms with Crippen LogP contribution < -0.4 is 5.32 Å². The molecule has 9 heteroatoms. The van der Waals surface area contributed by atoms with Crippen LogP contribution in [0.3, 0.4) is 0 Å². The number of allylic oxidation sites excluding steroid dienone is 21. The molecule has 0 spiro atoms. The summed E-state index contributed by atoms with van der Waals surface area (Å²) >= 11 is 0. The Morgan fingerprint density at radius 2 is 0.836 bits per heavy atom. The summed E-state index contributed by atoms with van der Waals surface area (Å²) in [7, 11) is 1.50. The second kappa shape index (κ2) is 53.5. The number of hydrogen-bond donors (Lipinski definition) is 3. The molecule has 0 aromatic rings. The van der Waals surface area contributed by atoms with Crippen LogP contribution in [0.1, 0.15) is 213 Å². The highest BCUT2D eigenvalue weighted by atomic mass is 31.2. The first kappa shape index (κ1) is 69.6. The molecule has 0 saturated heterocycles. The van der Waals surface area contributed by atoms with Crippen LogP contribution in [0.25, 0.3) is 0 Å². The lowest BCUT2D eigenvalue weighted by Crippen LogP contribution is -2.45. The fourth-order valence-corrected chi connectivity index (χ4v) is 8.29. The molecule has 0 fully saturated rings. The second-order valence-electron chi connectivity index (χ2n) is 20.3. The molecule has 3 unspecified atom stereocenters. The molecular formula is C64H110N2O6P+. The summed E-state index contributed by atoms with van der Waals surface area (Å²) in [6.07, 6.45) is 81.3. The standard InChI is InChI=1S/C64H109N2O6P/c1-6-8-10-12-14-16-18-20-22-24-26-28-30-32-33-34-36-38-40-42-44-46-48-50-52-54-56-58-64(68)65-62(61-72-73(69,70)71-60-59-66(3,4)5)63(67)57-55-53-51-49-47-45-43-41-39-37-35-31-29-27-25-23-21-19-17-15-13-11-9-7-2/h8,10,14,16,20,22,26,28,32-33,36,38-39,41-42,44,47-50,55,57,62-63,67H,6-7,9,11-13,15,17-19,21,23-25,27,29-31,34-35,37,40,43,45-46,51-54,56,58-61H2,1-5H3,(H-,65,68,69,70)/p+1/b10-8-,16-14-,22-20-,28-26-,33-32-,38-36-,41-39+,44-42-,49-47+,50-48-,57-55+. The van der Waals surface area contributed by atoms with Gasteiger partial charge in [-0.3, -0.25) is 13.8 Å². The number of rotatable bonds is 51. The van der Waals surface area contributed by atoms with Crippen LogP contribution in [0, 0.1) is 0 Å². The van der Waals surface area contributed by atoms with Crippen molar-refractivity contribution in [2.24, 2.45) is 0 Å². The molecule has 0 heterocycles. The average molecular weight is 1030 g/mol. The second-order valence-corrected chi connectivity index (χ2v) is 21.7. The van der Waals surface area contributed by atoms with Crippen LogP contribution in [0.15, 0.2) is 134 Å². The maximum atomic E-state index is 13.0. The third-order valence-electron chi connectivity index (χ3n) is 12.1. The van der Waals surface area contributed by atoms with Gasteiger partial charge < -0.3 is 19.8 Å². The molecule has 8 nitrogen and oxygen atoms in total. The average Bonchev–Trinajstić information content (AvgIpc) is 3.35. The maximum Gasteiger partial charge on any atom is 0.472 e. The van der Waals surface area contributed by atoms with Crippen molar-refractivity contribution in [2.45, 2.75) is 225 Å². The van der Waals surface area contributed by atoms with Crippen molar-refractivity contribution in [1.82, 2.24) is 5.32 Å². The molecule has 0 aromatic carbocycles. The van der Waals surface area contributed by atoms with E-state index in [2.05, 4.69) is 141 Å². The first-order valence-corrected chi connectivity index (χ1v) is 30.6. The number of phosphoric acid groups is 1. The molecule has 0 radical (unpaired) electrons. The molecule has 3 atom stereocenters. The summed E-state index contributed by atoms with van der Waals surface area (Å²) in [5.41, 5.74) is 0. The van der Waals surface area contributed by atoms with Crippen LogP contribution in [-0.2, 0) is 18.4 Å². The zero-order chi connectivity index (χ0) is 53.5. The molecular weight excluding hydrogens is 924 g/mol. The van der Waals surface area contributed by atoms with Crippen molar-refractivity contribution >= 4 is 13.7 Å². The summed E-state index contributed by atoms with van der Waals surface area (Å²) in [5, 5.41) is 13.9. The van der Waals surface area contributed by atoms with E-state index in [-0.39, 0.29) is 25.5 Å². The molecule has 3 N–H and O–H groups in total. The Bertz CT molecular complexity index is 1640. The van der Waals surface area contributed by atoms with E-state index in [1.165, 1.54) is 96.3 Å². The molecule has 73 heavy (non-hydrogen) atoms. The largest absolute Gasteiger partial charge is 0.472 e. The van der Waals surface area contributed by atoms with Gasteiger partial charge in [0.1, 0.15) is 13.2 Å². The third-order valence-corrected chi connectivity index (χ3v) is 13.1. The van der Waals surface area contributed by atoms with Crippen molar-refractivity contribution in [3.05, 3.63) is 134 Å². The van der Waals surface area contributed by atoms with Gasteiger partial charge in [0.05, 0.1) is 39.9 Å². The minimum absolute atomic E-state index is 0.0369. The topological polar surface area (TPSA) is 105 Å². The normalized spacial score (nSPS) is 14.9. The summed E-state index contributed by atoms with van der Waals surface area (Å²) in [4.78, 5) is 23.3. The van der Waals surface area contributed by atoms with E-state index < -0.39 is 20.0 Å². The molecule has 0 aliphatic carbocycles.